The number of amides is 2. The molecule has 1 saturated carbocycles. The number of hydrogen-bond acceptors (Lipinski definition) is 4. The maximum Gasteiger partial charge on any atom is 0.329 e. The summed E-state index contributed by atoms with van der Waals surface area (Å²) in [5.74, 6) is -0.288. The van der Waals surface area contributed by atoms with Crippen LogP contribution in [0.5, 0.6) is 0 Å². The number of H-pyrrole nitrogens is 1. The minimum atomic E-state index is -0.858. The topological polar surface area (TPSA) is 100 Å². The molecule has 4 unspecified atom stereocenters. The van der Waals surface area contributed by atoms with Crippen LogP contribution in [0.1, 0.15) is 45.6 Å². The Balaban J connectivity index is 1.58. The number of ether oxygens (including phenoxy) is 1. The Morgan fingerprint density at radius 1 is 1.20 bits per heavy atom. The van der Waals surface area contributed by atoms with E-state index in [0.717, 1.165) is 29.3 Å². The van der Waals surface area contributed by atoms with Crippen molar-refractivity contribution in [2.75, 3.05) is 6.61 Å². The monoisotopic (exact) mass is 413 g/mol. The molecule has 3 rings (SSSR count). The van der Waals surface area contributed by atoms with Gasteiger partial charge in [-0.25, -0.2) is 4.79 Å². The first-order valence-electron chi connectivity index (χ1n) is 10.6. The van der Waals surface area contributed by atoms with Crippen LogP contribution in [0.2, 0.25) is 0 Å². The summed E-state index contributed by atoms with van der Waals surface area (Å²) in [5.41, 5.74) is 1.86. The summed E-state index contributed by atoms with van der Waals surface area (Å²) in [5, 5.41) is 6.62. The maximum atomic E-state index is 12.6. The quantitative estimate of drug-likeness (QED) is 0.608. The summed E-state index contributed by atoms with van der Waals surface area (Å²) in [6.07, 6.45) is 5.31. The highest BCUT2D eigenvalue weighted by atomic mass is 16.5. The third-order valence-electron chi connectivity index (χ3n) is 6.16. The normalized spacial score (nSPS) is 22.3. The van der Waals surface area contributed by atoms with Crippen molar-refractivity contribution in [1.29, 1.82) is 0 Å². The summed E-state index contributed by atoms with van der Waals surface area (Å²) in [6, 6.07) is 7.00. The van der Waals surface area contributed by atoms with Gasteiger partial charge in [0, 0.05) is 36.5 Å². The molecule has 1 fully saturated rings. The average Bonchev–Trinajstić information content (AvgIpc) is 3.12. The number of nitrogens with one attached hydrogen (secondary N) is 3. The molecule has 0 saturated heterocycles. The predicted octanol–water partition coefficient (Wildman–Crippen LogP) is 2.70. The van der Waals surface area contributed by atoms with Crippen molar-refractivity contribution in [3.05, 3.63) is 36.0 Å². The summed E-state index contributed by atoms with van der Waals surface area (Å²) < 4.78 is 5.26. The van der Waals surface area contributed by atoms with Crippen LogP contribution in [0.3, 0.4) is 0 Å². The zero-order valence-corrected chi connectivity index (χ0v) is 17.9. The van der Waals surface area contributed by atoms with Crippen LogP contribution in [0.4, 0.5) is 0 Å². The van der Waals surface area contributed by atoms with Gasteiger partial charge in [-0.3, -0.25) is 9.59 Å². The van der Waals surface area contributed by atoms with Crippen LogP contribution >= 0.6 is 0 Å². The maximum absolute atomic E-state index is 12.6. The highest BCUT2D eigenvalue weighted by molar-refractivity contribution is 5.88. The van der Waals surface area contributed by atoms with Crippen LogP contribution in [-0.2, 0) is 25.5 Å². The Kier molecular flexibility index (Phi) is 7.13. The standard InChI is InChI=1S/C23H31N3O4/c1-14-7-6-10-19(15(14)2)26-22(28)13-30-23(29)21(25-16(3)27)11-17-12-24-20-9-5-4-8-18(17)20/h4-5,8-9,12,14-15,19,21,24H,6-7,10-11,13H2,1-3H3,(H,25,27)(H,26,28). The van der Waals surface area contributed by atoms with Crippen LogP contribution in [0.15, 0.2) is 30.5 Å². The van der Waals surface area contributed by atoms with Gasteiger partial charge in [-0.2, -0.15) is 0 Å². The molecule has 2 aromatic rings. The fourth-order valence-electron chi connectivity index (χ4n) is 4.23. The molecule has 3 N–H and O–H groups in total. The van der Waals surface area contributed by atoms with Crippen molar-refractivity contribution in [3.8, 4) is 0 Å². The first kappa shape index (κ1) is 21.9. The number of carbonyl (C=O) groups is 3. The lowest BCUT2D eigenvalue weighted by Crippen LogP contribution is -2.46. The van der Waals surface area contributed by atoms with E-state index in [-0.39, 0.29) is 30.9 Å². The molecule has 2 amide bonds. The molecule has 1 heterocycles. The van der Waals surface area contributed by atoms with Gasteiger partial charge in [-0.05, 0) is 29.9 Å². The highest BCUT2D eigenvalue weighted by Crippen LogP contribution is 2.29. The van der Waals surface area contributed by atoms with E-state index in [1.54, 1.807) is 0 Å². The van der Waals surface area contributed by atoms with Gasteiger partial charge in [0.2, 0.25) is 5.91 Å². The number of esters is 1. The number of carbonyl (C=O) groups excluding carboxylic acids is 3. The minimum Gasteiger partial charge on any atom is -0.454 e. The third kappa shape index (κ3) is 5.40. The fraction of sp³-hybridized carbons (Fsp3) is 0.522. The molecule has 1 aromatic heterocycles. The van der Waals surface area contributed by atoms with Crippen LogP contribution in [-0.4, -0.2) is 41.5 Å². The van der Waals surface area contributed by atoms with E-state index in [9.17, 15) is 14.4 Å². The molecule has 0 bridgehead atoms. The van der Waals surface area contributed by atoms with Gasteiger partial charge in [0.15, 0.2) is 6.61 Å². The highest BCUT2D eigenvalue weighted by Gasteiger charge is 2.29. The summed E-state index contributed by atoms with van der Waals surface area (Å²) in [7, 11) is 0. The van der Waals surface area contributed by atoms with E-state index in [4.69, 9.17) is 4.74 Å². The Bertz CT molecular complexity index is 907. The lowest BCUT2D eigenvalue weighted by atomic mass is 9.78. The summed E-state index contributed by atoms with van der Waals surface area (Å²) >= 11 is 0. The number of para-hydroxylation sites is 1. The summed E-state index contributed by atoms with van der Waals surface area (Å²) in [6.45, 7) is 5.36. The largest absolute Gasteiger partial charge is 0.454 e. The van der Waals surface area contributed by atoms with Gasteiger partial charge in [0.25, 0.3) is 5.91 Å². The fourth-order valence-corrected chi connectivity index (χ4v) is 4.23. The number of aromatic nitrogens is 1. The molecule has 1 aromatic carbocycles. The molecular formula is C23H31N3O4. The summed E-state index contributed by atoms with van der Waals surface area (Å²) in [4.78, 5) is 39.7. The molecule has 7 heteroatoms. The number of aromatic amines is 1. The molecule has 1 aliphatic carbocycles. The van der Waals surface area contributed by atoms with Gasteiger partial charge in [0.1, 0.15) is 6.04 Å². The number of rotatable bonds is 7. The molecule has 162 valence electrons. The van der Waals surface area contributed by atoms with Crippen LogP contribution in [0, 0.1) is 11.8 Å². The zero-order valence-electron chi connectivity index (χ0n) is 17.9. The predicted molar refractivity (Wildman–Crippen MR) is 115 cm³/mol. The van der Waals surface area contributed by atoms with Crippen molar-refractivity contribution >= 4 is 28.7 Å². The van der Waals surface area contributed by atoms with Gasteiger partial charge in [-0.1, -0.05) is 44.9 Å². The van der Waals surface area contributed by atoms with Crippen molar-refractivity contribution in [2.24, 2.45) is 11.8 Å². The SMILES string of the molecule is CC(=O)NC(Cc1c[nH]c2ccccc12)C(=O)OCC(=O)NC1CCCC(C)C1C. The lowest BCUT2D eigenvalue weighted by molar-refractivity contribution is -0.151. The molecule has 0 aliphatic heterocycles. The number of fused-ring (bicyclic) bond motifs is 1. The Morgan fingerprint density at radius 2 is 1.97 bits per heavy atom. The van der Waals surface area contributed by atoms with Crippen molar-refractivity contribution in [1.82, 2.24) is 15.6 Å². The van der Waals surface area contributed by atoms with E-state index >= 15 is 0 Å². The molecule has 7 nitrogen and oxygen atoms in total. The van der Waals surface area contributed by atoms with E-state index in [1.165, 1.54) is 13.3 Å². The molecule has 1 aliphatic rings. The second-order valence-electron chi connectivity index (χ2n) is 8.37. The Morgan fingerprint density at radius 3 is 2.73 bits per heavy atom. The van der Waals surface area contributed by atoms with Crippen molar-refractivity contribution in [3.63, 3.8) is 0 Å². The number of benzene rings is 1. The molecule has 0 spiro atoms. The first-order valence-corrected chi connectivity index (χ1v) is 10.6. The van der Waals surface area contributed by atoms with E-state index in [2.05, 4.69) is 29.5 Å². The van der Waals surface area contributed by atoms with Crippen LogP contribution in [0.25, 0.3) is 10.9 Å². The van der Waals surface area contributed by atoms with E-state index in [0.29, 0.717) is 11.8 Å². The number of hydrogen-bond donors (Lipinski definition) is 3. The van der Waals surface area contributed by atoms with Gasteiger partial charge >= 0.3 is 5.97 Å². The van der Waals surface area contributed by atoms with E-state index in [1.807, 2.05) is 30.5 Å². The zero-order chi connectivity index (χ0) is 21.7. The smallest absolute Gasteiger partial charge is 0.329 e. The van der Waals surface area contributed by atoms with Crippen LogP contribution < -0.4 is 10.6 Å². The third-order valence-corrected chi connectivity index (χ3v) is 6.16. The Hall–Kier alpha value is -2.83. The van der Waals surface area contributed by atoms with Crippen molar-refractivity contribution < 1.29 is 19.1 Å². The first-order chi connectivity index (χ1) is 14.3. The minimum absolute atomic E-state index is 0.109. The van der Waals surface area contributed by atoms with E-state index < -0.39 is 12.0 Å². The second-order valence-corrected chi connectivity index (χ2v) is 8.37. The Labute approximate surface area is 176 Å². The second kappa shape index (κ2) is 9.78. The van der Waals surface area contributed by atoms with Gasteiger partial charge < -0.3 is 20.4 Å². The molecule has 4 atom stereocenters. The molecule has 30 heavy (non-hydrogen) atoms. The molecular weight excluding hydrogens is 382 g/mol. The molecule has 0 radical (unpaired) electrons. The van der Waals surface area contributed by atoms with Crippen molar-refractivity contribution in [2.45, 2.75) is 58.5 Å². The van der Waals surface area contributed by atoms with Gasteiger partial charge in [0.05, 0.1) is 0 Å². The van der Waals surface area contributed by atoms with Gasteiger partial charge in [-0.15, -0.1) is 0 Å². The average molecular weight is 414 g/mol. The lowest BCUT2D eigenvalue weighted by Gasteiger charge is -2.34.